The Morgan fingerprint density at radius 2 is 1.59 bits per heavy atom. The van der Waals surface area contributed by atoms with Gasteiger partial charge in [-0.15, -0.1) is 0 Å². The Kier molecular flexibility index (Phi) is 4.86. The zero-order valence-corrected chi connectivity index (χ0v) is 13.5. The van der Waals surface area contributed by atoms with Crippen molar-refractivity contribution in [2.24, 2.45) is 0 Å². The van der Waals surface area contributed by atoms with E-state index < -0.39 is 0 Å². The topological polar surface area (TPSA) is 32.5 Å². The maximum absolute atomic E-state index is 6.01. The highest BCUT2D eigenvalue weighted by Gasteiger charge is 2.17. The Bertz CT molecular complexity index is 604. The van der Waals surface area contributed by atoms with Crippen molar-refractivity contribution >= 4 is 23.0 Å². The molecule has 22 heavy (non-hydrogen) atoms. The minimum Gasteiger partial charge on any atom is -0.399 e. The summed E-state index contributed by atoms with van der Waals surface area (Å²) < 4.78 is 0. The molecule has 0 unspecified atom stereocenters. The highest BCUT2D eigenvalue weighted by Crippen LogP contribution is 2.19. The first-order valence-electron chi connectivity index (χ1n) is 7.78. The van der Waals surface area contributed by atoms with Gasteiger partial charge in [0.2, 0.25) is 0 Å². The smallest absolute Gasteiger partial charge is 0.0407 e. The molecule has 3 rings (SSSR count). The van der Waals surface area contributed by atoms with Crippen molar-refractivity contribution in [3.8, 4) is 0 Å². The molecule has 0 aromatic heterocycles. The van der Waals surface area contributed by atoms with Crippen LogP contribution in [0.3, 0.4) is 0 Å². The predicted molar refractivity (Wildman–Crippen MR) is 94.7 cm³/mol. The van der Waals surface area contributed by atoms with Crippen LogP contribution in [-0.4, -0.2) is 37.6 Å². The van der Waals surface area contributed by atoms with Crippen molar-refractivity contribution < 1.29 is 0 Å². The maximum Gasteiger partial charge on any atom is 0.0407 e. The second kappa shape index (κ2) is 7.03. The SMILES string of the molecule is Nc1ccccc1CCN1CCN(c2ccc(Cl)cc2)CC1. The van der Waals surface area contributed by atoms with Gasteiger partial charge in [0.05, 0.1) is 0 Å². The van der Waals surface area contributed by atoms with Gasteiger partial charge in [-0.05, 0) is 42.3 Å². The second-order valence-corrected chi connectivity index (χ2v) is 6.19. The largest absolute Gasteiger partial charge is 0.399 e. The van der Waals surface area contributed by atoms with E-state index in [1.54, 1.807) is 0 Å². The van der Waals surface area contributed by atoms with E-state index in [0.717, 1.165) is 49.9 Å². The van der Waals surface area contributed by atoms with Crippen molar-refractivity contribution in [2.45, 2.75) is 6.42 Å². The van der Waals surface area contributed by atoms with Gasteiger partial charge >= 0.3 is 0 Å². The molecule has 0 spiro atoms. The summed E-state index contributed by atoms with van der Waals surface area (Å²) in [6.07, 6.45) is 1.02. The average Bonchev–Trinajstić information content (AvgIpc) is 2.55. The van der Waals surface area contributed by atoms with Gasteiger partial charge in [0.1, 0.15) is 0 Å². The van der Waals surface area contributed by atoms with Crippen LogP contribution in [0.5, 0.6) is 0 Å². The first kappa shape index (κ1) is 15.2. The lowest BCUT2D eigenvalue weighted by Gasteiger charge is -2.36. The summed E-state index contributed by atoms with van der Waals surface area (Å²) in [5.41, 5.74) is 9.43. The third-order valence-corrected chi connectivity index (χ3v) is 4.57. The zero-order chi connectivity index (χ0) is 15.4. The van der Waals surface area contributed by atoms with E-state index in [4.69, 9.17) is 17.3 Å². The van der Waals surface area contributed by atoms with Crippen LogP contribution in [0, 0.1) is 0 Å². The van der Waals surface area contributed by atoms with Crippen LogP contribution in [0.4, 0.5) is 11.4 Å². The fourth-order valence-electron chi connectivity index (χ4n) is 2.92. The number of nitrogen functional groups attached to an aromatic ring is 1. The lowest BCUT2D eigenvalue weighted by Crippen LogP contribution is -2.47. The average molecular weight is 316 g/mol. The molecular weight excluding hydrogens is 294 g/mol. The number of anilines is 2. The third kappa shape index (κ3) is 3.73. The third-order valence-electron chi connectivity index (χ3n) is 4.32. The number of nitrogens with two attached hydrogens (primary N) is 1. The van der Waals surface area contributed by atoms with Gasteiger partial charge < -0.3 is 10.6 Å². The Hall–Kier alpha value is -1.71. The maximum atomic E-state index is 6.01. The lowest BCUT2D eigenvalue weighted by molar-refractivity contribution is 0.261. The molecule has 1 heterocycles. The van der Waals surface area contributed by atoms with Crippen LogP contribution < -0.4 is 10.6 Å². The minimum atomic E-state index is 0.794. The molecule has 0 aliphatic carbocycles. The molecule has 2 aromatic carbocycles. The predicted octanol–water partition coefficient (Wildman–Crippen LogP) is 3.29. The molecule has 3 nitrogen and oxygen atoms in total. The molecule has 1 fully saturated rings. The molecule has 0 radical (unpaired) electrons. The zero-order valence-electron chi connectivity index (χ0n) is 12.7. The Morgan fingerprint density at radius 1 is 0.909 bits per heavy atom. The number of para-hydroxylation sites is 1. The standard InChI is InChI=1S/C18H22ClN3/c19-16-5-7-17(8-6-16)22-13-11-21(12-14-22)10-9-15-3-1-2-4-18(15)20/h1-8H,9-14,20H2. The van der Waals surface area contributed by atoms with Crippen molar-refractivity contribution in [1.29, 1.82) is 0 Å². The van der Waals surface area contributed by atoms with Crippen molar-refractivity contribution in [3.63, 3.8) is 0 Å². The van der Waals surface area contributed by atoms with Crippen molar-refractivity contribution in [1.82, 2.24) is 4.90 Å². The fourth-order valence-corrected chi connectivity index (χ4v) is 3.05. The molecule has 2 N–H and O–H groups in total. The highest BCUT2D eigenvalue weighted by molar-refractivity contribution is 6.30. The number of hydrogen-bond donors (Lipinski definition) is 1. The molecule has 116 valence electrons. The molecule has 0 amide bonds. The van der Waals surface area contributed by atoms with Crippen LogP contribution in [0.2, 0.25) is 5.02 Å². The monoisotopic (exact) mass is 315 g/mol. The first-order chi connectivity index (χ1) is 10.7. The van der Waals surface area contributed by atoms with Gasteiger partial charge in [-0.3, -0.25) is 4.90 Å². The molecule has 0 saturated carbocycles. The number of hydrogen-bond acceptors (Lipinski definition) is 3. The summed E-state index contributed by atoms with van der Waals surface area (Å²) >= 11 is 5.95. The van der Waals surface area contributed by atoms with Crippen molar-refractivity contribution in [3.05, 3.63) is 59.1 Å². The van der Waals surface area contributed by atoms with Crippen LogP contribution in [0.25, 0.3) is 0 Å². The van der Waals surface area contributed by atoms with Crippen LogP contribution in [0.15, 0.2) is 48.5 Å². The molecule has 1 saturated heterocycles. The molecular formula is C18H22ClN3. The number of rotatable bonds is 4. The second-order valence-electron chi connectivity index (χ2n) is 5.75. The molecule has 4 heteroatoms. The van der Waals surface area contributed by atoms with Gasteiger partial charge in [-0.25, -0.2) is 0 Å². The molecule has 0 atom stereocenters. The number of nitrogens with zero attached hydrogens (tertiary/aromatic N) is 2. The molecule has 1 aliphatic heterocycles. The van der Waals surface area contributed by atoms with E-state index >= 15 is 0 Å². The summed E-state index contributed by atoms with van der Waals surface area (Å²) in [5.74, 6) is 0. The van der Waals surface area contributed by atoms with Gasteiger partial charge in [-0.2, -0.15) is 0 Å². The summed E-state index contributed by atoms with van der Waals surface area (Å²) in [7, 11) is 0. The minimum absolute atomic E-state index is 0.794. The molecule has 2 aromatic rings. The van der Waals surface area contributed by atoms with Crippen LogP contribution in [-0.2, 0) is 6.42 Å². The summed E-state index contributed by atoms with van der Waals surface area (Å²) in [5, 5.41) is 0.794. The lowest BCUT2D eigenvalue weighted by atomic mass is 10.1. The summed E-state index contributed by atoms with van der Waals surface area (Å²) in [4.78, 5) is 4.93. The number of benzene rings is 2. The Morgan fingerprint density at radius 3 is 2.27 bits per heavy atom. The van der Waals surface area contributed by atoms with E-state index in [1.165, 1.54) is 11.3 Å². The normalized spacial score (nSPS) is 16.0. The summed E-state index contributed by atoms with van der Waals surface area (Å²) in [6, 6.07) is 16.3. The van der Waals surface area contributed by atoms with Crippen LogP contribution >= 0.6 is 11.6 Å². The highest BCUT2D eigenvalue weighted by atomic mass is 35.5. The van der Waals surface area contributed by atoms with E-state index in [0.29, 0.717) is 0 Å². The van der Waals surface area contributed by atoms with Crippen molar-refractivity contribution in [2.75, 3.05) is 43.4 Å². The molecule has 0 bridgehead atoms. The van der Waals surface area contributed by atoms with E-state index in [1.807, 2.05) is 24.3 Å². The molecule has 1 aliphatic rings. The first-order valence-corrected chi connectivity index (χ1v) is 8.16. The van der Waals surface area contributed by atoms with Gasteiger partial charge in [0.25, 0.3) is 0 Å². The van der Waals surface area contributed by atoms with E-state index in [9.17, 15) is 0 Å². The number of piperazine rings is 1. The van der Waals surface area contributed by atoms with E-state index in [2.05, 4.69) is 34.1 Å². The number of halogens is 1. The van der Waals surface area contributed by atoms with Crippen LogP contribution in [0.1, 0.15) is 5.56 Å². The Balaban J connectivity index is 1.49. The summed E-state index contributed by atoms with van der Waals surface area (Å²) in [6.45, 7) is 5.38. The fraction of sp³-hybridized carbons (Fsp3) is 0.333. The van der Waals surface area contributed by atoms with Gasteiger partial charge in [0, 0.05) is 49.1 Å². The Labute approximate surface area is 137 Å². The van der Waals surface area contributed by atoms with Gasteiger partial charge in [0.15, 0.2) is 0 Å². The van der Waals surface area contributed by atoms with E-state index in [-0.39, 0.29) is 0 Å². The van der Waals surface area contributed by atoms with Gasteiger partial charge in [-0.1, -0.05) is 29.8 Å². The quantitative estimate of drug-likeness (QED) is 0.879.